The van der Waals surface area contributed by atoms with Crippen LogP contribution in [0.5, 0.6) is 5.75 Å². The van der Waals surface area contributed by atoms with Gasteiger partial charge in [-0.25, -0.2) is 4.98 Å². The number of carbonyl (C=O) groups is 1. The Balaban J connectivity index is 1.56. The van der Waals surface area contributed by atoms with Gasteiger partial charge in [-0.05, 0) is 38.0 Å². The molecule has 5 rings (SSSR count). The third kappa shape index (κ3) is 2.97. The first-order valence-corrected chi connectivity index (χ1v) is 9.52. The van der Waals surface area contributed by atoms with Gasteiger partial charge in [0.15, 0.2) is 0 Å². The van der Waals surface area contributed by atoms with Gasteiger partial charge in [0.25, 0.3) is 0 Å². The molecule has 7 nitrogen and oxygen atoms in total. The van der Waals surface area contributed by atoms with E-state index in [0.29, 0.717) is 19.0 Å². The number of aryl methyl sites for hydroxylation is 1. The lowest BCUT2D eigenvalue weighted by molar-refractivity contribution is -0.119. The minimum Gasteiger partial charge on any atom is -0.488 e. The zero-order valence-electron chi connectivity index (χ0n) is 15.6. The fraction of sp³-hybridized carbons (Fsp3) is 0.450. The second-order valence-corrected chi connectivity index (χ2v) is 7.69. The van der Waals surface area contributed by atoms with Crippen LogP contribution < -0.4 is 10.1 Å². The number of fused-ring (bicyclic) bond motifs is 1. The predicted octanol–water partition coefficient (Wildman–Crippen LogP) is 2.68. The Morgan fingerprint density at radius 3 is 2.85 bits per heavy atom. The number of ether oxygens (including phenoxy) is 1. The van der Waals surface area contributed by atoms with Crippen LogP contribution in [0.25, 0.3) is 22.3 Å². The average Bonchev–Trinajstić information content (AvgIpc) is 3.04. The van der Waals surface area contributed by atoms with Gasteiger partial charge in [0.05, 0.1) is 17.5 Å². The molecule has 1 aliphatic heterocycles. The van der Waals surface area contributed by atoms with Gasteiger partial charge in [0.2, 0.25) is 5.91 Å². The maximum absolute atomic E-state index is 11.6. The molecule has 2 aromatic heterocycles. The quantitative estimate of drug-likeness (QED) is 0.754. The highest BCUT2D eigenvalue weighted by Gasteiger charge is 2.30. The molecule has 1 aliphatic carbocycles. The number of hydrogen-bond acceptors (Lipinski definition) is 4. The van der Waals surface area contributed by atoms with Crippen LogP contribution in [0.15, 0.2) is 30.7 Å². The molecule has 1 N–H and O–H groups in total. The fourth-order valence-corrected chi connectivity index (χ4v) is 3.83. The van der Waals surface area contributed by atoms with Crippen molar-refractivity contribution < 1.29 is 9.53 Å². The molecular weight excluding hydrogens is 342 g/mol. The lowest BCUT2D eigenvalue weighted by Gasteiger charge is -2.21. The van der Waals surface area contributed by atoms with Gasteiger partial charge in [-0.2, -0.15) is 5.10 Å². The summed E-state index contributed by atoms with van der Waals surface area (Å²) >= 11 is 0. The highest BCUT2D eigenvalue weighted by molar-refractivity contribution is 5.87. The SMILES string of the molecule is CC(Oc1cc(-c2ccn(C)n2)cc2ncn(C3CC3)c12)[C@H]1CNC(=O)C1. The van der Waals surface area contributed by atoms with Gasteiger partial charge in [-0.3, -0.25) is 9.48 Å². The zero-order valence-corrected chi connectivity index (χ0v) is 15.6. The van der Waals surface area contributed by atoms with Gasteiger partial charge in [0.1, 0.15) is 17.4 Å². The standard InChI is InChI=1S/C20H23N5O2/c1-12(14-9-19(26)21-10-14)27-18-8-13(16-5-6-24(2)23-16)7-17-20(18)25(11-22-17)15-3-4-15/h5-8,11-12,14-15H,3-4,9-10H2,1-2H3,(H,21,26)/t12?,14-/m1/s1. The number of aromatic nitrogens is 4. The number of hydrogen-bond donors (Lipinski definition) is 1. The van der Waals surface area contributed by atoms with Crippen molar-refractivity contribution in [2.45, 2.75) is 38.3 Å². The van der Waals surface area contributed by atoms with Crippen LogP contribution in [0.3, 0.4) is 0 Å². The Morgan fingerprint density at radius 1 is 1.33 bits per heavy atom. The topological polar surface area (TPSA) is 74.0 Å². The van der Waals surface area contributed by atoms with E-state index in [4.69, 9.17) is 4.74 Å². The Morgan fingerprint density at radius 2 is 2.19 bits per heavy atom. The van der Waals surface area contributed by atoms with Crippen LogP contribution in [0.2, 0.25) is 0 Å². The number of benzene rings is 1. The highest BCUT2D eigenvalue weighted by atomic mass is 16.5. The van der Waals surface area contributed by atoms with Crippen molar-refractivity contribution in [2.24, 2.45) is 13.0 Å². The Kier molecular flexibility index (Phi) is 3.70. The molecule has 140 valence electrons. The monoisotopic (exact) mass is 365 g/mol. The van der Waals surface area contributed by atoms with Crippen LogP contribution >= 0.6 is 0 Å². The Bertz CT molecular complexity index is 1020. The molecule has 2 fully saturated rings. The highest BCUT2D eigenvalue weighted by Crippen LogP contribution is 2.41. The van der Waals surface area contributed by atoms with Crippen molar-refractivity contribution >= 4 is 16.9 Å². The summed E-state index contributed by atoms with van der Waals surface area (Å²) in [5.41, 5.74) is 3.86. The fourth-order valence-electron chi connectivity index (χ4n) is 3.83. The molecule has 2 aliphatic rings. The van der Waals surface area contributed by atoms with Crippen molar-refractivity contribution in [3.8, 4) is 17.0 Å². The summed E-state index contributed by atoms with van der Waals surface area (Å²) in [5.74, 6) is 1.11. The molecule has 1 saturated carbocycles. The molecule has 1 unspecified atom stereocenters. The molecule has 1 amide bonds. The van der Waals surface area contributed by atoms with Crippen LogP contribution in [-0.2, 0) is 11.8 Å². The van der Waals surface area contributed by atoms with Crippen molar-refractivity contribution in [1.29, 1.82) is 0 Å². The third-order valence-corrected chi connectivity index (χ3v) is 5.57. The summed E-state index contributed by atoms with van der Waals surface area (Å²) in [4.78, 5) is 16.2. The Hall–Kier alpha value is -2.83. The zero-order chi connectivity index (χ0) is 18.5. The summed E-state index contributed by atoms with van der Waals surface area (Å²) in [6, 6.07) is 6.65. The number of imidazole rings is 1. The van der Waals surface area contributed by atoms with Gasteiger partial charge in [0, 0.05) is 43.7 Å². The predicted molar refractivity (Wildman–Crippen MR) is 101 cm³/mol. The van der Waals surface area contributed by atoms with Gasteiger partial charge in [-0.1, -0.05) is 0 Å². The second-order valence-electron chi connectivity index (χ2n) is 7.69. The van der Waals surface area contributed by atoms with E-state index in [1.165, 1.54) is 12.8 Å². The first-order chi connectivity index (χ1) is 13.1. The van der Waals surface area contributed by atoms with Crippen molar-refractivity contribution in [3.05, 3.63) is 30.7 Å². The number of carbonyl (C=O) groups excluding carboxylic acids is 1. The van der Waals surface area contributed by atoms with E-state index in [0.717, 1.165) is 28.0 Å². The van der Waals surface area contributed by atoms with Crippen molar-refractivity contribution in [3.63, 3.8) is 0 Å². The Labute approximate surface area is 157 Å². The van der Waals surface area contributed by atoms with Crippen molar-refractivity contribution in [1.82, 2.24) is 24.6 Å². The second kappa shape index (κ2) is 6.11. The van der Waals surface area contributed by atoms with Gasteiger partial charge < -0.3 is 14.6 Å². The maximum atomic E-state index is 11.6. The normalized spacial score (nSPS) is 20.8. The summed E-state index contributed by atoms with van der Waals surface area (Å²) < 4.78 is 10.4. The van der Waals surface area contributed by atoms with Crippen LogP contribution in [0.1, 0.15) is 32.2 Å². The maximum Gasteiger partial charge on any atom is 0.220 e. The number of nitrogens with zero attached hydrogens (tertiary/aromatic N) is 4. The van der Waals surface area contributed by atoms with E-state index >= 15 is 0 Å². The number of amides is 1. The first-order valence-electron chi connectivity index (χ1n) is 9.52. The van der Waals surface area contributed by atoms with E-state index in [-0.39, 0.29) is 17.9 Å². The molecule has 27 heavy (non-hydrogen) atoms. The van der Waals surface area contributed by atoms with Gasteiger partial charge >= 0.3 is 0 Å². The average molecular weight is 365 g/mol. The van der Waals surface area contributed by atoms with Crippen LogP contribution in [0, 0.1) is 5.92 Å². The molecule has 1 aromatic carbocycles. The van der Waals surface area contributed by atoms with E-state index in [9.17, 15) is 4.79 Å². The number of nitrogens with one attached hydrogen (secondary N) is 1. The summed E-state index contributed by atoms with van der Waals surface area (Å²) in [6.45, 7) is 2.72. The third-order valence-electron chi connectivity index (χ3n) is 5.57. The molecule has 7 heteroatoms. The molecule has 0 spiro atoms. The molecule has 2 atom stereocenters. The van der Waals surface area contributed by atoms with Crippen LogP contribution in [-0.4, -0.2) is 37.9 Å². The van der Waals surface area contributed by atoms with E-state index in [1.807, 2.05) is 32.6 Å². The summed E-state index contributed by atoms with van der Waals surface area (Å²) in [7, 11) is 1.91. The summed E-state index contributed by atoms with van der Waals surface area (Å²) in [5, 5.41) is 7.42. The molecule has 0 bridgehead atoms. The van der Waals surface area contributed by atoms with E-state index < -0.39 is 0 Å². The molecule has 3 aromatic rings. The van der Waals surface area contributed by atoms with Crippen molar-refractivity contribution in [2.75, 3.05) is 6.54 Å². The lowest BCUT2D eigenvalue weighted by atomic mass is 10.0. The molecular formula is C20H23N5O2. The van der Waals surface area contributed by atoms with E-state index in [2.05, 4.69) is 32.1 Å². The first kappa shape index (κ1) is 16.4. The molecule has 1 saturated heterocycles. The lowest BCUT2D eigenvalue weighted by Crippen LogP contribution is -2.25. The van der Waals surface area contributed by atoms with Gasteiger partial charge in [-0.15, -0.1) is 0 Å². The number of rotatable bonds is 5. The minimum absolute atomic E-state index is 0.0614. The molecule has 3 heterocycles. The van der Waals surface area contributed by atoms with E-state index in [1.54, 1.807) is 4.68 Å². The molecule has 0 radical (unpaired) electrons. The largest absolute Gasteiger partial charge is 0.488 e. The smallest absolute Gasteiger partial charge is 0.220 e. The minimum atomic E-state index is -0.0614. The summed E-state index contributed by atoms with van der Waals surface area (Å²) in [6.07, 6.45) is 6.68. The van der Waals surface area contributed by atoms with Crippen LogP contribution in [0.4, 0.5) is 0 Å².